The molecule has 26 heavy (non-hydrogen) atoms. The molecule has 0 atom stereocenters. The summed E-state index contributed by atoms with van der Waals surface area (Å²) >= 11 is 0. The first kappa shape index (κ1) is 22.7. The molecule has 0 amide bonds. The Balaban J connectivity index is 0.00000338. The van der Waals surface area contributed by atoms with Gasteiger partial charge >= 0.3 is 0 Å². The number of halogens is 2. The Morgan fingerprint density at radius 1 is 1.35 bits per heavy atom. The van der Waals surface area contributed by atoms with Crippen LogP contribution >= 0.6 is 24.0 Å². The molecule has 0 bridgehead atoms. The van der Waals surface area contributed by atoms with Crippen molar-refractivity contribution in [2.75, 3.05) is 46.5 Å². The highest BCUT2D eigenvalue weighted by Gasteiger charge is 2.07. The Bertz CT molecular complexity index is 579. The van der Waals surface area contributed by atoms with E-state index in [-0.39, 0.29) is 29.8 Å². The van der Waals surface area contributed by atoms with Gasteiger partial charge in [-0.1, -0.05) is 11.6 Å². The molecule has 1 aromatic rings. The summed E-state index contributed by atoms with van der Waals surface area (Å²) in [6.45, 7) is 6.38. The monoisotopic (exact) mass is 477 g/mol. The number of aliphatic imine (C=N–C) groups is 1. The molecule has 1 aliphatic heterocycles. The molecule has 2 rings (SSSR count). The first-order chi connectivity index (χ1) is 12.2. The third-order valence-corrected chi connectivity index (χ3v) is 3.96. The van der Waals surface area contributed by atoms with E-state index in [0.717, 1.165) is 45.1 Å². The van der Waals surface area contributed by atoms with Crippen molar-refractivity contribution >= 4 is 29.9 Å². The van der Waals surface area contributed by atoms with Crippen LogP contribution in [0.1, 0.15) is 19.8 Å². The van der Waals surface area contributed by atoms with Crippen LogP contribution in [-0.2, 0) is 4.74 Å². The molecule has 7 heteroatoms. The Kier molecular flexibility index (Phi) is 11.3. The maximum atomic E-state index is 12.9. The third kappa shape index (κ3) is 8.35. The van der Waals surface area contributed by atoms with E-state index in [1.807, 2.05) is 11.9 Å². The van der Waals surface area contributed by atoms with Gasteiger partial charge in [-0.05, 0) is 44.0 Å². The first-order valence-electron chi connectivity index (χ1n) is 8.82. The molecule has 146 valence electrons. The SMILES string of the molecule is CCNC(=NCCC1=CCOCC1)N(C)CCOc1ccc(F)cc1.I. The molecular formula is C19H29FIN3O2. The molecule has 0 aliphatic carbocycles. The normalized spacial score (nSPS) is 14.3. The molecule has 5 nitrogen and oxygen atoms in total. The van der Waals surface area contributed by atoms with Crippen LogP contribution in [0.25, 0.3) is 0 Å². The molecular weight excluding hydrogens is 448 g/mol. The largest absolute Gasteiger partial charge is 0.492 e. The van der Waals surface area contributed by atoms with Gasteiger partial charge in [0.15, 0.2) is 5.96 Å². The zero-order valence-corrected chi connectivity index (χ0v) is 17.9. The zero-order chi connectivity index (χ0) is 17.9. The van der Waals surface area contributed by atoms with Gasteiger partial charge < -0.3 is 19.7 Å². The van der Waals surface area contributed by atoms with Gasteiger partial charge in [-0.3, -0.25) is 4.99 Å². The standard InChI is InChI=1S/C19H28FN3O2.HI/c1-3-21-19(22-11-8-16-9-13-24-14-10-16)23(2)12-15-25-18-6-4-17(20)5-7-18;/h4-7,9H,3,8,10-15H2,1-2H3,(H,21,22);1H. The molecule has 1 heterocycles. The fourth-order valence-corrected chi connectivity index (χ4v) is 2.50. The summed E-state index contributed by atoms with van der Waals surface area (Å²) in [7, 11) is 1.99. The molecule has 0 spiro atoms. The van der Waals surface area contributed by atoms with Crippen molar-refractivity contribution in [2.45, 2.75) is 19.8 Å². The lowest BCUT2D eigenvalue weighted by molar-refractivity contribution is 0.153. The summed E-state index contributed by atoms with van der Waals surface area (Å²) in [4.78, 5) is 6.74. The van der Waals surface area contributed by atoms with Gasteiger partial charge in [0.1, 0.15) is 18.2 Å². The molecule has 0 radical (unpaired) electrons. The number of nitrogens with one attached hydrogen (secondary N) is 1. The summed E-state index contributed by atoms with van der Waals surface area (Å²) < 4.78 is 23.9. The van der Waals surface area contributed by atoms with Crippen LogP contribution in [0.2, 0.25) is 0 Å². The molecule has 0 fully saturated rings. The van der Waals surface area contributed by atoms with E-state index in [1.54, 1.807) is 12.1 Å². The van der Waals surface area contributed by atoms with E-state index in [9.17, 15) is 4.39 Å². The van der Waals surface area contributed by atoms with Crippen LogP contribution in [0.3, 0.4) is 0 Å². The lowest BCUT2D eigenvalue weighted by Gasteiger charge is -2.22. The first-order valence-corrected chi connectivity index (χ1v) is 8.82. The highest BCUT2D eigenvalue weighted by Crippen LogP contribution is 2.12. The molecule has 0 unspecified atom stereocenters. The second-order valence-corrected chi connectivity index (χ2v) is 5.90. The van der Waals surface area contributed by atoms with Crippen molar-refractivity contribution in [3.8, 4) is 5.75 Å². The van der Waals surface area contributed by atoms with E-state index in [2.05, 4.69) is 23.3 Å². The van der Waals surface area contributed by atoms with E-state index in [1.165, 1.54) is 17.7 Å². The minimum Gasteiger partial charge on any atom is -0.492 e. The molecule has 1 N–H and O–H groups in total. The Hall–Kier alpha value is -1.35. The summed E-state index contributed by atoms with van der Waals surface area (Å²) in [5, 5.41) is 3.30. The molecule has 0 aromatic heterocycles. The number of ether oxygens (including phenoxy) is 2. The minimum absolute atomic E-state index is 0. The topological polar surface area (TPSA) is 46.1 Å². The van der Waals surface area contributed by atoms with E-state index in [0.29, 0.717) is 18.9 Å². The van der Waals surface area contributed by atoms with Crippen molar-refractivity contribution in [2.24, 2.45) is 4.99 Å². The maximum absolute atomic E-state index is 12.9. The number of hydrogen-bond donors (Lipinski definition) is 1. The predicted octanol–water partition coefficient (Wildman–Crippen LogP) is 3.46. The molecule has 0 saturated carbocycles. The van der Waals surface area contributed by atoms with Gasteiger partial charge in [0.25, 0.3) is 0 Å². The van der Waals surface area contributed by atoms with Gasteiger partial charge in [-0.2, -0.15) is 0 Å². The van der Waals surface area contributed by atoms with Gasteiger partial charge in [0.05, 0.1) is 19.8 Å². The van der Waals surface area contributed by atoms with Crippen LogP contribution in [0.15, 0.2) is 40.9 Å². The van der Waals surface area contributed by atoms with Crippen LogP contribution in [0.5, 0.6) is 5.75 Å². The average molecular weight is 477 g/mol. The van der Waals surface area contributed by atoms with Gasteiger partial charge in [-0.25, -0.2) is 4.39 Å². The number of guanidine groups is 1. The zero-order valence-electron chi connectivity index (χ0n) is 15.5. The summed E-state index contributed by atoms with van der Waals surface area (Å²) in [6, 6.07) is 6.07. The molecule has 1 aromatic carbocycles. The van der Waals surface area contributed by atoms with Crippen LogP contribution < -0.4 is 10.1 Å². The Labute approximate surface area is 172 Å². The summed E-state index contributed by atoms with van der Waals surface area (Å²) in [5.41, 5.74) is 1.42. The molecule has 0 saturated heterocycles. The summed E-state index contributed by atoms with van der Waals surface area (Å²) in [5.74, 6) is 1.28. The lowest BCUT2D eigenvalue weighted by atomic mass is 10.1. The average Bonchev–Trinajstić information content (AvgIpc) is 2.63. The highest BCUT2D eigenvalue weighted by atomic mass is 127. The quantitative estimate of drug-likeness (QED) is 0.270. The van der Waals surface area contributed by atoms with E-state index >= 15 is 0 Å². The van der Waals surface area contributed by atoms with Crippen molar-refractivity contribution in [3.05, 3.63) is 41.7 Å². The second kappa shape index (κ2) is 12.9. The second-order valence-electron chi connectivity index (χ2n) is 5.90. The number of likely N-dealkylation sites (N-methyl/N-ethyl adjacent to an activating group) is 1. The summed E-state index contributed by atoms with van der Waals surface area (Å²) in [6.07, 6.45) is 4.14. The third-order valence-electron chi connectivity index (χ3n) is 3.96. The van der Waals surface area contributed by atoms with Gasteiger partial charge in [-0.15, -0.1) is 24.0 Å². The Morgan fingerprint density at radius 2 is 2.12 bits per heavy atom. The minimum atomic E-state index is -0.259. The number of hydrogen-bond acceptors (Lipinski definition) is 3. The number of benzene rings is 1. The van der Waals surface area contributed by atoms with E-state index < -0.39 is 0 Å². The van der Waals surface area contributed by atoms with Gasteiger partial charge in [0.2, 0.25) is 0 Å². The fraction of sp³-hybridized carbons (Fsp3) is 0.526. The lowest BCUT2D eigenvalue weighted by Crippen LogP contribution is -2.41. The van der Waals surface area contributed by atoms with Crippen LogP contribution in [-0.4, -0.2) is 57.4 Å². The number of nitrogens with zero attached hydrogens (tertiary/aromatic N) is 2. The van der Waals surface area contributed by atoms with Crippen LogP contribution in [0.4, 0.5) is 4.39 Å². The molecule has 1 aliphatic rings. The fourth-order valence-electron chi connectivity index (χ4n) is 2.50. The predicted molar refractivity (Wildman–Crippen MR) is 114 cm³/mol. The van der Waals surface area contributed by atoms with Crippen molar-refractivity contribution in [1.82, 2.24) is 10.2 Å². The smallest absolute Gasteiger partial charge is 0.193 e. The van der Waals surface area contributed by atoms with E-state index in [4.69, 9.17) is 9.47 Å². The number of rotatable bonds is 8. The van der Waals surface area contributed by atoms with Crippen LogP contribution in [0, 0.1) is 5.82 Å². The van der Waals surface area contributed by atoms with Gasteiger partial charge in [0, 0.05) is 20.1 Å². The Morgan fingerprint density at radius 3 is 2.77 bits per heavy atom. The highest BCUT2D eigenvalue weighted by molar-refractivity contribution is 14.0. The van der Waals surface area contributed by atoms with Crippen molar-refractivity contribution in [1.29, 1.82) is 0 Å². The van der Waals surface area contributed by atoms with Crippen molar-refractivity contribution in [3.63, 3.8) is 0 Å². The van der Waals surface area contributed by atoms with Crippen molar-refractivity contribution < 1.29 is 13.9 Å². The maximum Gasteiger partial charge on any atom is 0.193 e.